The lowest BCUT2D eigenvalue weighted by Gasteiger charge is -2.36. The molecule has 1 aliphatic rings. The summed E-state index contributed by atoms with van der Waals surface area (Å²) in [5, 5.41) is 0. The first-order valence-electron chi connectivity index (χ1n) is 7.07. The summed E-state index contributed by atoms with van der Waals surface area (Å²) < 4.78 is 5.52. The van der Waals surface area contributed by atoms with Gasteiger partial charge in [-0.05, 0) is 39.7 Å². The number of nitrogens with zero attached hydrogens (tertiary/aromatic N) is 1. The Kier molecular flexibility index (Phi) is 4.17. The zero-order chi connectivity index (χ0) is 14.8. The van der Waals surface area contributed by atoms with E-state index in [1.807, 2.05) is 43.9 Å². The lowest BCUT2D eigenvalue weighted by atomic mass is 9.95. The van der Waals surface area contributed by atoms with Crippen molar-refractivity contribution in [3.8, 4) is 0 Å². The first kappa shape index (κ1) is 14.6. The SMILES string of the molecule is CC1=CCN(C(=O)OC(C)(C)C)C(c2ccccc2)C1. The Bertz CT molecular complexity index is 499. The van der Waals surface area contributed by atoms with Crippen molar-refractivity contribution in [2.75, 3.05) is 6.54 Å². The van der Waals surface area contributed by atoms with Crippen molar-refractivity contribution in [3.05, 3.63) is 47.5 Å². The van der Waals surface area contributed by atoms with Crippen LogP contribution in [-0.4, -0.2) is 23.1 Å². The van der Waals surface area contributed by atoms with E-state index in [9.17, 15) is 4.79 Å². The van der Waals surface area contributed by atoms with Gasteiger partial charge in [0, 0.05) is 6.54 Å². The minimum atomic E-state index is -0.464. The molecule has 1 aromatic rings. The molecule has 0 bridgehead atoms. The number of rotatable bonds is 1. The zero-order valence-electron chi connectivity index (χ0n) is 12.7. The van der Waals surface area contributed by atoms with Gasteiger partial charge in [0.2, 0.25) is 0 Å². The molecule has 1 heterocycles. The summed E-state index contributed by atoms with van der Waals surface area (Å²) in [6, 6.07) is 10.2. The van der Waals surface area contributed by atoms with Crippen LogP contribution in [0.15, 0.2) is 42.0 Å². The summed E-state index contributed by atoms with van der Waals surface area (Å²) in [6.45, 7) is 8.41. The van der Waals surface area contributed by atoms with E-state index in [1.54, 1.807) is 0 Å². The largest absolute Gasteiger partial charge is 0.444 e. The molecule has 1 amide bonds. The molecular weight excluding hydrogens is 250 g/mol. The van der Waals surface area contributed by atoms with E-state index < -0.39 is 5.60 Å². The molecule has 1 atom stereocenters. The Labute approximate surface area is 121 Å². The second-order valence-corrected chi connectivity index (χ2v) is 6.31. The Morgan fingerprint density at radius 2 is 1.90 bits per heavy atom. The summed E-state index contributed by atoms with van der Waals surface area (Å²) in [5.41, 5.74) is 2.01. The van der Waals surface area contributed by atoms with Crippen LogP contribution in [0, 0.1) is 0 Å². The molecule has 3 nitrogen and oxygen atoms in total. The van der Waals surface area contributed by atoms with E-state index in [2.05, 4.69) is 25.1 Å². The van der Waals surface area contributed by atoms with Crippen LogP contribution in [0.3, 0.4) is 0 Å². The number of hydrogen-bond acceptors (Lipinski definition) is 2. The highest BCUT2D eigenvalue weighted by molar-refractivity contribution is 5.69. The molecule has 20 heavy (non-hydrogen) atoms. The predicted octanol–water partition coefficient (Wildman–Crippen LogP) is 4.31. The van der Waals surface area contributed by atoms with E-state index in [-0.39, 0.29) is 12.1 Å². The molecule has 1 aliphatic heterocycles. The molecule has 0 aromatic heterocycles. The van der Waals surface area contributed by atoms with Gasteiger partial charge in [-0.15, -0.1) is 0 Å². The normalized spacial score (nSPS) is 19.5. The molecule has 0 spiro atoms. The van der Waals surface area contributed by atoms with E-state index in [0.29, 0.717) is 6.54 Å². The molecule has 0 saturated carbocycles. The molecule has 2 rings (SSSR count). The summed E-state index contributed by atoms with van der Waals surface area (Å²) in [5.74, 6) is 0. The molecule has 0 saturated heterocycles. The average molecular weight is 273 g/mol. The third-order valence-corrected chi connectivity index (χ3v) is 3.34. The van der Waals surface area contributed by atoms with Crippen LogP contribution in [0.5, 0.6) is 0 Å². The quantitative estimate of drug-likeness (QED) is 0.713. The van der Waals surface area contributed by atoms with Crippen LogP contribution < -0.4 is 0 Å². The molecule has 0 N–H and O–H groups in total. The lowest BCUT2D eigenvalue weighted by Crippen LogP contribution is -2.41. The van der Waals surface area contributed by atoms with E-state index in [1.165, 1.54) is 5.57 Å². The van der Waals surface area contributed by atoms with Crippen LogP contribution in [-0.2, 0) is 4.74 Å². The Morgan fingerprint density at radius 1 is 1.25 bits per heavy atom. The molecular formula is C17H23NO2. The third-order valence-electron chi connectivity index (χ3n) is 3.34. The number of amides is 1. The number of carbonyl (C=O) groups excluding carboxylic acids is 1. The van der Waals surface area contributed by atoms with Crippen molar-refractivity contribution in [1.82, 2.24) is 4.90 Å². The second kappa shape index (κ2) is 5.70. The summed E-state index contributed by atoms with van der Waals surface area (Å²) >= 11 is 0. The Hall–Kier alpha value is -1.77. The zero-order valence-corrected chi connectivity index (χ0v) is 12.7. The van der Waals surface area contributed by atoms with Crippen molar-refractivity contribution in [1.29, 1.82) is 0 Å². The van der Waals surface area contributed by atoms with Crippen molar-refractivity contribution < 1.29 is 9.53 Å². The smallest absolute Gasteiger partial charge is 0.411 e. The monoisotopic (exact) mass is 273 g/mol. The number of hydrogen-bond donors (Lipinski definition) is 0. The fraction of sp³-hybridized carbons (Fsp3) is 0.471. The van der Waals surface area contributed by atoms with Crippen molar-refractivity contribution >= 4 is 6.09 Å². The van der Waals surface area contributed by atoms with Crippen LogP contribution in [0.2, 0.25) is 0 Å². The molecule has 0 aliphatic carbocycles. The molecule has 1 aromatic carbocycles. The van der Waals surface area contributed by atoms with E-state index in [4.69, 9.17) is 4.74 Å². The maximum atomic E-state index is 12.4. The van der Waals surface area contributed by atoms with Gasteiger partial charge in [-0.25, -0.2) is 4.79 Å². The van der Waals surface area contributed by atoms with Crippen LogP contribution in [0.25, 0.3) is 0 Å². The minimum Gasteiger partial charge on any atom is -0.444 e. The molecule has 3 heteroatoms. The summed E-state index contributed by atoms with van der Waals surface area (Å²) in [6.07, 6.45) is 2.72. The first-order valence-corrected chi connectivity index (χ1v) is 7.07. The second-order valence-electron chi connectivity index (χ2n) is 6.31. The minimum absolute atomic E-state index is 0.0658. The predicted molar refractivity (Wildman–Crippen MR) is 80.5 cm³/mol. The average Bonchev–Trinajstić information content (AvgIpc) is 2.37. The van der Waals surface area contributed by atoms with Crippen LogP contribution >= 0.6 is 0 Å². The maximum absolute atomic E-state index is 12.4. The van der Waals surface area contributed by atoms with E-state index >= 15 is 0 Å². The van der Waals surface area contributed by atoms with Gasteiger partial charge in [-0.1, -0.05) is 42.0 Å². The number of ether oxygens (including phenoxy) is 1. The van der Waals surface area contributed by atoms with Gasteiger partial charge < -0.3 is 4.74 Å². The van der Waals surface area contributed by atoms with Gasteiger partial charge in [0.25, 0.3) is 0 Å². The van der Waals surface area contributed by atoms with Crippen molar-refractivity contribution in [2.45, 2.75) is 45.8 Å². The molecule has 108 valence electrons. The van der Waals surface area contributed by atoms with Gasteiger partial charge in [0.05, 0.1) is 6.04 Å². The van der Waals surface area contributed by atoms with Gasteiger partial charge in [-0.3, -0.25) is 4.90 Å². The highest BCUT2D eigenvalue weighted by atomic mass is 16.6. The highest BCUT2D eigenvalue weighted by Gasteiger charge is 2.30. The van der Waals surface area contributed by atoms with E-state index in [0.717, 1.165) is 12.0 Å². The van der Waals surface area contributed by atoms with Gasteiger partial charge in [0.1, 0.15) is 5.60 Å². The van der Waals surface area contributed by atoms with Crippen LogP contribution in [0.1, 0.15) is 45.7 Å². The van der Waals surface area contributed by atoms with Gasteiger partial charge in [0.15, 0.2) is 0 Å². The standard InChI is InChI=1S/C17H23NO2/c1-13-10-11-18(16(19)20-17(2,3)4)15(12-13)14-8-6-5-7-9-14/h5-10,15H,11-12H2,1-4H3. The number of carbonyl (C=O) groups is 1. The van der Waals surface area contributed by atoms with Crippen LogP contribution in [0.4, 0.5) is 4.79 Å². The summed E-state index contributed by atoms with van der Waals surface area (Å²) in [7, 11) is 0. The summed E-state index contributed by atoms with van der Waals surface area (Å²) in [4.78, 5) is 14.2. The molecule has 0 radical (unpaired) electrons. The number of benzene rings is 1. The lowest BCUT2D eigenvalue weighted by molar-refractivity contribution is 0.0172. The molecule has 0 fully saturated rings. The van der Waals surface area contributed by atoms with Gasteiger partial charge in [-0.2, -0.15) is 0 Å². The van der Waals surface area contributed by atoms with Crippen molar-refractivity contribution in [3.63, 3.8) is 0 Å². The third kappa shape index (κ3) is 3.62. The fourth-order valence-electron chi connectivity index (χ4n) is 2.38. The molecule has 1 unspecified atom stereocenters. The topological polar surface area (TPSA) is 29.5 Å². The van der Waals surface area contributed by atoms with Gasteiger partial charge >= 0.3 is 6.09 Å². The Balaban J connectivity index is 2.23. The fourth-order valence-corrected chi connectivity index (χ4v) is 2.38. The Morgan fingerprint density at radius 3 is 2.50 bits per heavy atom. The van der Waals surface area contributed by atoms with Crippen molar-refractivity contribution in [2.24, 2.45) is 0 Å². The maximum Gasteiger partial charge on any atom is 0.411 e. The highest BCUT2D eigenvalue weighted by Crippen LogP contribution is 2.32. The first-order chi connectivity index (χ1) is 9.37.